The van der Waals surface area contributed by atoms with Crippen molar-refractivity contribution in [2.24, 2.45) is 0 Å². The van der Waals surface area contributed by atoms with Gasteiger partial charge >= 0.3 is 0 Å². The summed E-state index contributed by atoms with van der Waals surface area (Å²) >= 11 is 0. The third-order valence-electron chi connectivity index (χ3n) is 4.39. The van der Waals surface area contributed by atoms with E-state index in [1.807, 2.05) is 0 Å². The number of rotatable bonds is 7. The van der Waals surface area contributed by atoms with Crippen LogP contribution in [-0.2, 0) is 4.79 Å². The maximum atomic E-state index is 13.8. The monoisotopic (exact) mass is 368 g/mol. The van der Waals surface area contributed by atoms with E-state index in [0.717, 1.165) is 11.1 Å². The molecule has 1 amide bonds. The Morgan fingerprint density at radius 1 is 1.44 bits per heavy atom. The number of allylic oxidation sites excluding steroid dienone is 3. The third kappa shape index (κ3) is 4.08. The molecule has 6 nitrogen and oxygen atoms in total. The van der Waals surface area contributed by atoms with Gasteiger partial charge in [0.15, 0.2) is 11.6 Å². The second-order valence-electron chi connectivity index (χ2n) is 6.16. The predicted molar refractivity (Wildman–Crippen MR) is 103 cm³/mol. The number of aromatic nitrogens is 2. The Balaban J connectivity index is 1.61. The van der Waals surface area contributed by atoms with Gasteiger partial charge in [-0.15, -0.1) is 0 Å². The number of benzene rings is 1. The lowest BCUT2D eigenvalue weighted by Crippen LogP contribution is -2.32. The van der Waals surface area contributed by atoms with Crippen LogP contribution in [0, 0.1) is 5.82 Å². The van der Waals surface area contributed by atoms with Crippen LogP contribution < -0.4 is 10.1 Å². The van der Waals surface area contributed by atoms with Crippen molar-refractivity contribution in [2.45, 2.75) is 12.5 Å². The second kappa shape index (κ2) is 7.90. The number of halogens is 1. The first-order chi connectivity index (χ1) is 13.0. The van der Waals surface area contributed by atoms with E-state index in [1.165, 1.54) is 19.2 Å². The van der Waals surface area contributed by atoms with Crippen LogP contribution in [0.5, 0.6) is 5.75 Å². The van der Waals surface area contributed by atoms with Crippen LogP contribution in [0.3, 0.4) is 0 Å². The minimum absolute atomic E-state index is 0.102. The fourth-order valence-electron chi connectivity index (χ4n) is 2.87. The lowest BCUT2D eigenvalue weighted by molar-refractivity contribution is -0.126. The van der Waals surface area contributed by atoms with Gasteiger partial charge in [0.2, 0.25) is 5.91 Å². The van der Waals surface area contributed by atoms with Crippen molar-refractivity contribution in [3.05, 3.63) is 73.0 Å². The predicted octanol–water partition coefficient (Wildman–Crippen LogP) is 3.35. The molecule has 3 rings (SSSR count). The minimum Gasteiger partial charge on any atom is -0.494 e. The van der Waals surface area contributed by atoms with Crippen molar-refractivity contribution in [3.8, 4) is 5.75 Å². The van der Waals surface area contributed by atoms with Gasteiger partial charge in [0, 0.05) is 35.8 Å². The molecule has 2 N–H and O–H groups in total. The molecule has 1 fully saturated rings. The Bertz CT molecular complexity index is 889. The van der Waals surface area contributed by atoms with Crippen LogP contribution in [0.4, 0.5) is 10.1 Å². The highest BCUT2D eigenvalue weighted by molar-refractivity contribution is 5.88. The highest BCUT2D eigenvalue weighted by Gasteiger charge is 2.32. The molecule has 1 saturated heterocycles. The molecule has 0 bridgehead atoms. The Labute approximate surface area is 157 Å². The van der Waals surface area contributed by atoms with Gasteiger partial charge in [-0.1, -0.05) is 19.2 Å². The summed E-state index contributed by atoms with van der Waals surface area (Å²) in [4.78, 5) is 14.3. The normalized spacial score (nSPS) is 16.7. The van der Waals surface area contributed by atoms with Gasteiger partial charge in [-0.25, -0.2) is 4.39 Å². The Morgan fingerprint density at radius 2 is 2.26 bits per heavy atom. The fraction of sp³-hybridized carbons (Fsp3) is 0.200. The maximum Gasteiger partial charge on any atom is 0.249 e. The van der Waals surface area contributed by atoms with Crippen LogP contribution >= 0.6 is 0 Å². The van der Waals surface area contributed by atoms with Gasteiger partial charge in [0.1, 0.15) is 6.04 Å². The average molecular weight is 368 g/mol. The molecular weight excluding hydrogens is 347 g/mol. The van der Waals surface area contributed by atoms with Crippen molar-refractivity contribution in [3.63, 3.8) is 0 Å². The smallest absolute Gasteiger partial charge is 0.249 e. The van der Waals surface area contributed by atoms with Crippen LogP contribution in [0.25, 0.3) is 5.57 Å². The van der Waals surface area contributed by atoms with Crippen LogP contribution in [-0.4, -0.2) is 40.7 Å². The molecule has 1 aliphatic rings. The lowest BCUT2D eigenvalue weighted by Gasteiger charge is -2.18. The van der Waals surface area contributed by atoms with Crippen LogP contribution in [0.1, 0.15) is 12.0 Å². The van der Waals surface area contributed by atoms with E-state index in [4.69, 9.17) is 4.74 Å². The largest absolute Gasteiger partial charge is 0.494 e. The molecule has 0 saturated carbocycles. The Kier molecular flexibility index (Phi) is 5.40. The molecule has 1 aliphatic heterocycles. The molecule has 0 radical (unpaired) electrons. The standard InChI is InChI=1S/C20H21FN4O2/c1-13(15-11-22-23-12-15)4-5-14(2)25-9-8-18(20(25)26)24-16-6-7-19(27-3)17(21)10-16/h4-7,10-12,18,24H,1-2,8-9H2,3H3,(H,22,23)/b5-4-. The van der Waals surface area contributed by atoms with Crippen molar-refractivity contribution in [2.75, 3.05) is 19.0 Å². The zero-order valence-corrected chi connectivity index (χ0v) is 15.0. The minimum atomic E-state index is -0.477. The number of H-pyrrole nitrogens is 1. The highest BCUT2D eigenvalue weighted by atomic mass is 19.1. The molecule has 1 unspecified atom stereocenters. The molecule has 27 heavy (non-hydrogen) atoms. The van der Waals surface area contributed by atoms with Gasteiger partial charge in [0.05, 0.1) is 13.3 Å². The zero-order chi connectivity index (χ0) is 19.4. The summed E-state index contributed by atoms with van der Waals surface area (Å²) in [5.41, 5.74) is 2.74. The molecule has 140 valence electrons. The number of carbonyl (C=O) groups is 1. The first-order valence-corrected chi connectivity index (χ1v) is 8.46. The zero-order valence-electron chi connectivity index (χ0n) is 15.0. The number of amides is 1. The lowest BCUT2D eigenvalue weighted by atomic mass is 10.1. The number of nitrogens with zero attached hydrogens (tertiary/aromatic N) is 2. The van der Waals surface area contributed by atoms with E-state index in [2.05, 4.69) is 28.7 Å². The fourth-order valence-corrected chi connectivity index (χ4v) is 2.87. The topological polar surface area (TPSA) is 70.2 Å². The first-order valence-electron chi connectivity index (χ1n) is 8.46. The number of nitrogens with one attached hydrogen (secondary N) is 2. The summed E-state index contributed by atoms with van der Waals surface area (Å²) in [7, 11) is 1.41. The van der Waals surface area contributed by atoms with Crippen molar-refractivity contribution >= 4 is 17.2 Å². The van der Waals surface area contributed by atoms with Crippen molar-refractivity contribution in [1.82, 2.24) is 15.1 Å². The molecular formula is C20H21FN4O2. The number of aromatic amines is 1. The average Bonchev–Trinajstić information content (AvgIpc) is 3.31. The molecule has 2 aromatic rings. The summed E-state index contributed by atoms with van der Waals surface area (Å²) in [5, 5.41) is 9.68. The maximum absolute atomic E-state index is 13.8. The SMILES string of the molecule is C=C(/C=C\C(=C)N1CCC(Nc2ccc(OC)c(F)c2)C1=O)c1cn[nH]c1. The number of methoxy groups -OCH3 is 1. The summed E-state index contributed by atoms with van der Waals surface area (Å²) in [6.07, 6.45) is 7.56. The number of hydrogen-bond donors (Lipinski definition) is 2. The molecule has 1 aromatic carbocycles. The van der Waals surface area contributed by atoms with Gasteiger partial charge in [-0.3, -0.25) is 9.89 Å². The number of hydrogen-bond acceptors (Lipinski definition) is 4. The number of ether oxygens (including phenoxy) is 1. The van der Waals surface area contributed by atoms with Gasteiger partial charge in [-0.05, 0) is 30.2 Å². The molecule has 0 aliphatic carbocycles. The molecule has 0 spiro atoms. The summed E-state index contributed by atoms with van der Waals surface area (Å²) in [5.74, 6) is -0.416. The molecule has 2 heterocycles. The highest BCUT2D eigenvalue weighted by Crippen LogP contribution is 2.25. The van der Waals surface area contributed by atoms with Crippen molar-refractivity contribution < 1.29 is 13.9 Å². The molecule has 1 aromatic heterocycles. The number of anilines is 1. The van der Waals surface area contributed by atoms with E-state index >= 15 is 0 Å². The molecule has 7 heteroatoms. The first kappa shape index (κ1) is 18.4. The Morgan fingerprint density at radius 3 is 2.93 bits per heavy atom. The van der Waals surface area contributed by atoms with E-state index in [1.54, 1.807) is 35.5 Å². The van der Waals surface area contributed by atoms with E-state index in [9.17, 15) is 9.18 Å². The van der Waals surface area contributed by atoms with Crippen LogP contribution in [0.15, 0.2) is 61.6 Å². The second-order valence-corrected chi connectivity index (χ2v) is 6.16. The van der Waals surface area contributed by atoms with E-state index < -0.39 is 11.9 Å². The van der Waals surface area contributed by atoms with E-state index in [0.29, 0.717) is 24.4 Å². The number of carbonyl (C=O) groups excluding carboxylic acids is 1. The molecule has 1 atom stereocenters. The quantitative estimate of drug-likeness (QED) is 0.736. The van der Waals surface area contributed by atoms with Gasteiger partial charge < -0.3 is 15.0 Å². The van der Waals surface area contributed by atoms with Crippen LogP contribution in [0.2, 0.25) is 0 Å². The summed E-state index contributed by atoms with van der Waals surface area (Å²) in [6.45, 7) is 8.46. The van der Waals surface area contributed by atoms with Gasteiger partial charge in [0.25, 0.3) is 0 Å². The van der Waals surface area contributed by atoms with Gasteiger partial charge in [-0.2, -0.15) is 5.10 Å². The Hall–Kier alpha value is -3.35. The number of likely N-dealkylation sites (tertiary alicyclic amines) is 1. The summed E-state index contributed by atoms with van der Waals surface area (Å²) in [6, 6.07) is 4.10. The van der Waals surface area contributed by atoms with E-state index in [-0.39, 0.29) is 11.7 Å². The van der Waals surface area contributed by atoms with Crippen molar-refractivity contribution in [1.29, 1.82) is 0 Å². The third-order valence-corrected chi connectivity index (χ3v) is 4.39. The summed E-state index contributed by atoms with van der Waals surface area (Å²) < 4.78 is 18.7.